The van der Waals surface area contributed by atoms with Crippen molar-refractivity contribution in [3.63, 3.8) is 0 Å². The molecule has 1 saturated heterocycles. The number of carbonyl (C=O) groups is 1. The van der Waals surface area contributed by atoms with Crippen LogP contribution in [0.4, 0.5) is 0 Å². The molecular weight excluding hydrogens is 214 g/mol. The predicted octanol–water partition coefficient (Wildman–Crippen LogP) is 2.39. The Bertz CT molecular complexity index is 377. The highest BCUT2D eigenvalue weighted by Gasteiger charge is 2.34. The van der Waals surface area contributed by atoms with Crippen LogP contribution < -0.4 is 0 Å². The van der Waals surface area contributed by atoms with E-state index in [0.717, 1.165) is 19.4 Å². The lowest BCUT2D eigenvalue weighted by atomic mass is 10.1. The Morgan fingerprint density at radius 3 is 2.76 bits per heavy atom. The van der Waals surface area contributed by atoms with E-state index in [2.05, 4.69) is 24.0 Å². The van der Waals surface area contributed by atoms with Crippen LogP contribution in [0, 0.1) is 0 Å². The van der Waals surface area contributed by atoms with Gasteiger partial charge in [0.25, 0.3) is 0 Å². The van der Waals surface area contributed by atoms with E-state index in [1.54, 1.807) is 0 Å². The molecule has 17 heavy (non-hydrogen) atoms. The molecule has 3 nitrogen and oxygen atoms in total. The first-order valence-electron chi connectivity index (χ1n) is 6.12. The minimum Gasteiger partial charge on any atom is -0.468 e. The summed E-state index contributed by atoms with van der Waals surface area (Å²) in [5.41, 5.74) is 1.25. The SMILES string of the molecule is COC(=O)[C@H]1CCCN1[C@@H](C)c1ccccc1. The highest BCUT2D eigenvalue weighted by molar-refractivity contribution is 5.76. The molecule has 1 heterocycles. The van der Waals surface area contributed by atoms with Crippen LogP contribution in [0.1, 0.15) is 31.4 Å². The van der Waals surface area contributed by atoms with Crippen molar-refractivity contribution in [1.82, 2.24) is 4.90 Å². The van der Waals surface area contributed by atoms with Gasteiger partial charge in [-0.1, -0.05) is 30.3 Å². The van der Waals surface area contributed by atoms with Crippen molar-refractivity contribution in [2.45, 2.75) is 31.8 Å². The highest BCUT2D eigenvalue weighted by Crippen LogP contribution is 2.29. The fourth-order valence-corrected chi connectivity index (χ4v) is 2.56. The minimum absolute atomic E-state index is 0.0739. The third kappa shape index (κ3) is 2.50. The Morgan fingerprint density at radius 1 is 1.41 bits per heavy atom. The van der Waals surface area contributed by atoms with E-state index in [1.807, 2.05) is 18.2 Å². The first-order valence-corrected chi connectivity index (χ1v) is 6.12. The van der Waals surface area contributed by atoms with Gasteiger partial charge in [-0.3, -0.25) is 9.69 Å². The maximum Gasteiger partial charge on any atom is 0.323 e. The molecule has 0 radical (unpaired) electrons. The number of hydrogen-bond acceptors (Lipinski definition) is 3. The molecule has 1 aliphatic rings. The van der Waals surface area contributed by atoms with Crippen LogP contribution in [0.15, 0.2) is 30.3 Å². The number of nitrogens with zero attached hydrogens (tertiary/aromatic N) is 1. The van der Waals surface area contributed by atoms with Crippen LogP contribution >= 0.6 is 0 Å². The second kappa shape index (κ2) is 5.32. The van der Waals surface area contributed by atoms with Crippen molar-refractivity contribution in [2.75, 3.05) is 13.7 Å². The lowest BCUT2D eigenvalue weighted by molar-refractivity contribution is -0.146. The third-order valence-electron chi connectivity index (χ3n) is 3.55. The smallest absolute Gasteiger partial charge is 0.323 e. The minimum atomic E-state index is -0.106. The molecule has 3 heteroatoms. The summed E-state index contributed by atoms with van der Waals surface area (Å²) in [7, 11) is 1.46. The Morgan fingerprint density at radius 2 is 2.12 bits per heavy atom. The molecule has 0 saturated carbocycles. The van der Waals surface area contributed by atoms with Gasteiger partial charge in [0.1, 0.15) is 6.04 Å². The zero-order valence-corrected chi connectivity index (χ0v) is 10.4. The number of methoxy groups -OCH3 is 1. The van der Waals surface area contributed by atoms with E-state index in [-0.39, 0.29) is 18.1 Å². The Kier molecular flexibility index (Phi) is 3.79. The summed E-state index contributed by atoms with van der Waals surface area (Å²) >= 11 is 0. The molecule has 0 aromatic heterocycles. The van der Waals surface area contributed by atoms with E-state index in [9.17, 15) is 4.79 Å². The Labute approximate surface area is 102 Å². The number of hydrogen-bond donors (Lipinski definition) is 0. The standard InChI is InChI=1S/C14H19NO2/c1-11(12-7-4-3-5-8-12)15-10-6-9-13(15)14(16)17-2/h3-5,7-8,11,13H,6,9-10H2,1-2H3/t11-,13+/m0/s1. The van der Waals surface area contributed by atoms with Crippen LogP contribution in [-0.2, 0) is 9.53 Å². The molecule has 0 N–H and O–H groups in total. The maximum atomic E-state index is 11.7. The van der Waals surface area contributed by atoms with Crippen molar-refractivity contribution >= 4 is 5.97 Å². The summed E-state index contributed by atoms with van der Waals surface area (Å²) in [5, 5.41) is 0. The molecule has 2 atom stereocenters. The second-order valence-electron chi connectivity index (χ2n) is 4.51. The number of benzene rings is 1. The molecule has 1 aliphatic heterocycles. The molecule has 0 spiro atoms. The van der Waals surface area contributed by atoms with Crippen molar-refractivity contribution in [3.05, 3.63) is 35.9 Å². The number of likely N-dealkylation sites (tertiary alicyclic amines) is 1. The fourth-order valence-electron chi connectivity index (χ4n) is 2.56. The van der Waals surface area contributed by atoms with E-state index in [1.165, 1.54) is 12.7 Å². The second-order valence-corrected chi connectivity index (χ2v) is 4.51. The fraction of sp³-hybridized carbons (Fsp3) is 0.500. The van der Waals surface area contributed by atoms with Crippen LogP contribution in [0.2, 0.25) is 0 Å². The van der Waals surface area contributed by atoms with Gasteiger partial charge in [-0.05, 0) is 31.9 Å². The lowest BCUT2D eigenvalue weighted by Gasteiger charge is -2.29. The van der Waals surface area contributed by atoms with Crippen molar-refractivity contribution < 1.29 is 9.53 Å². The molecule has 92 valence electrons. The zero-order valence-electron chi connectivity index (χ0n) is 10.4. The first-order chi connectivity index (χ1) is 8.24. The van der Waals surface area contributed by atoms with Crippen LogP contribution in [0.3, 0.4) is 0 Å². The van der Waals surface area contributed by atoms with Crippen molar-refractivity contribution in [3.8, 4) is 0 Å². The van der Waals surface area contributed by atoms with E-state index < -0.39 is 0 Å². The molecule has 2 rings (SSSR count). The van der Waals surface area contributed by atoms with Gasteiger partial charge < -0.3 is 4.74 Å². The van der Waals surface area contributed by atoms with Crippen LogP contribution in [0.5, 0.6) is 0 Å². The lowest BCUT2D eigenvalue weighted by Crippen LogP contribution is -2.38. The summed E-state index contributed by atoms with van der Waals surface area (Å²) in [6, 6.07) is 10.5. The van der Waals surface area contributed by atoms with Crippen molar-refractivity contribution in [1.29, 1.82) is 0 Å². The molecule has 0 amide bonds. The molecule has 0 aliphatic carbocycles. The zero-order chi connectivity index (χ0) is 12.3. The average Bonchev–Trinajstić information content (AvgIpc) is 2.87. The molecule has 1 aromatic carbocycles. The van der Waals surface area contributed by atoms with Gasteiger partial charge in [0.15, 0.2) is 0 Å². The largest absolute Gasteiger partial charge is 0.468 e. The maximum absolute atomic E-state index is 11.7. The van der Waals surface area contributed by atoms with Crippen LogP contribution in [0.25, 0.3) is 0 Å². The van der Waals surface area contributed by atoms with Crippen LogP contribution in [-0.4, -0.2) is 30.6 Å². The molecule has 0 bridgehead atoms. The van der Waals surface area contributed by atoms with Gasteiger partial charge >= 0.3 is 5.97 Å². The molecular formula is C14H19NO2. The highest BCUT2D eigenvalue weighted by atomic mass is 16.5. The van der Waals surface area contributed by atoms with E-state index in [4.69, 9.17) is 4.74 Å². The third-order valence-corrected chi connectivity index (χ3v) is 3.55. The molecule has 1 fully saturated rings. The number of rotatable bonds is 3. The molecule has 0 unspecified atom stereocenters. The number of esters is 1. The average molecular weight is 233 g/mol. The first kappa shape index (κ1) is 12.1. The van der Waals surface area contributed by atoms with E-state index in [0.29, 0.717) is 0 Å². The summed E-state index contributed by atoms with van der Waals surface area (Å²) in [6.07, 6.45) is 1.97. The monoisotopic (exact) mass is 233 g/mol. The van der Waals surface area contributed by atoms with Crippen molar-refractivity contribution in [2.24, 2.45) is 0 Å². The number of carbonyl (C=O) groups excluding carboxylic acids is 1. The molecule has 1 aromatic rings. The van der Waals surface area contributed by atoms with Gasteiger partial charge in [-0.2, -0.15) is 0 Å². The van der Waals surface area contributed by atoms with Gasteiger partial charge in [0, 0.05) is 6.04 Å². The Hall–Kier alpha value is -1.35. The summed E-state index contributed by atoms with van der Waals surface area (Å²) in [6.45, 7) is 3.12. The predicted molar refractivity (Wildman–Crippen MR) is 66.6 cm³/mol. The summed E-state index contributed by atoms with van der Waals surface area (Å²) in [5.74, 6) is -0.106. The van der Waals surface area contributed by atoms with E-state index >= 15 is 0 Å². The number of ether oxygens (including phenoxy) is 1. The van der Waals surface area contributed by atoms with Gasteiger partial charge in [0.05, 0.1) is 7.11 Å². The summed E-state index contributed by atoms with van der Waals surface area (Å²) < 4.78 is 4.87. The van der Waals surface area contributed by atoms with Gasteiger partial charge in [0.2, 0.25) is 0 Å². The Balaban J connectivity index is 2.13. The topological polar surface area (TPSA) is 29.5 Å². The van der Waals surface area contributed by atoms with Gasteiger partial charge in [-0.25, -0.2) is 0 Å². The normalized spacial score (nSPS) is 22.4. The van der Waals surface area contributed by atoms with Gasteiger partial charge in [-0.15, -0.1) is 0 Å². The quantitative estimate of drug-likeness (QED) is 0.751. The summed E-state index contributed by atoms with van der Waals surface area (Å²) in [4.78, 5) is 13.9.